The maximum absolute atomic E-state index is 12.1. The molecule has 0 saturated carbocycles. The molecule has 0 unspecified atom stereocenters. The van der Waals surface area contributed by atoms with Gasteiger partial charge in [0.15, 0.2) is 0 Å². The highest BCUT2D eigenvalue weighted by Crippen LogP contribution is 2.11. The normalized spacial score (nSPS) is 10.3. The number of pyridine rings is 1. The summed E-state index contributed by atoms with van der Waals surface area (Å²) in [5, 5.41) is 6.08. The van der Waals surface area contributed by atoms with Crippen LogP contribution in [0.15, 0.2) is 18.3 Å². The molecule has 1 heterocycles. The van der Waals surface area contributed by atoms with E-state index in [0.29, 0.717) is 11.4 Å². The van der Waals surface area contributed by atoms with Gasteiger partial charge in [0.2, 0.25) is 0 Å². The van der Waals surface area contributed by atoms with Crippen molar-refractivity contribution >= 4 is 11.7 Å². The highest BCUT2D eigenvalue weighted by atomic mass is 16.1. The average Bonchev–Trinajstić information content (AvgIpc) is 2.47. The molecule has 0 radical (unpaired) electrons. The third kappa shape index (κ3) is 6.04. The fraction of sp³-hybridized carbons (Fsp3) is 0.625. The molecule has 0 fully saturated rings. The Hall–Kier alpha value is -1.58. The van der Waals surface area contributed by atoms with E-state index in [9.17, 15) is 4.79 Å². The molecule has 4 heteroatoms. The predicted octanol–water partition coefficient (Wildman–Crippen LogP) is 3.60. The summed E-state index contributed by atoms with van der Waals surface area (Å²) >= 11 is 0. The van der Waals surface area contributed by atoms with E-state index >= 15 is 0 Å². The molecule has 0 aromatic carbocycles. The minimum atomic E-state index is -0.0393. The second kappa shape index (κ2) is 10.2. The summed E-state index contributed by atoms with van der Waals surface area (Å²) in [6.45, 7) is 5.71. The first-order valence-corrected chi connectivity index (χ1v) is 7.76. The number of aromatic nitrogens is 1. The van der Waals surface area contributed by atoms with Crippen molar-refractivity contribution in [1.29, 1.82) is 0 Å². The van der Waals surface area contributed by atoms with E-state index in [1.165, 1.54) is 32.1 Å². The van der Waals surface area contributed by atoms with Crippen molar-refractivity contribution in [3.05, 3.63) is 23.9 Å². The van der Waals surface area contributed by atoms with E-state index in [1.54, 1.807) is 12.3 Å². The number of nitrogens with zero attached hydrogens (tertiary/aromatic N) is 1. The summed E-state index contributed by atoms with van der Waals surface area (Å²) < 4.78 is 0. The molecule has 0 bridgehead atoms. The van der Waals surface area contributed by atoms with Gasteiger partial charge in [0.05, 0.1) is 5.56 Å². The number of carbonyl (C=O) groups is 1. The molecule has 1 amide bonds. The standard InChI is InChI=1S/C16H27N3O/c1-3-5-6-7-8-9-12-19-16(20)14-11-10-13-18-15(14)17-4-2/h10-11,13H,3-9,12H2,1-2H3,(H,17,18)(H,19,20). The van der Waals surface area contributed by atoms with Gasteiger partial charge in [-0.05, 0) is 25.5 Å². The van der Waals surface area contributed by atoms with Gasteiger partial charge >= 0.3 is 0 Å². The third-order valence-electron chi connectivity index (χ3n) is 3.21. The summed E-state index contributed by atoms with van der Waals surface area (Å²) in [7, 11) is 0. The first kappa shape index (κ1) is 16.5. The maximum Gasteiger partial charge on any atom is 0.255 e. The zero-order valence-corrected chi connectivity index (χ0v) is 12.7. The number of carbonyl (C=O) groups excluding carboxylic acids is 1. The number of anilines is 1. The SMILES string of the molecule is CCCCCCCCNC(=O)c1cccnc1NCC. The van der Waals surface area contributed by atoms with Gasteiger partial charge < -0.3 is 10.6 Å². The first-order valence-electron chi connectivity index (χ1n) is 7.76. The summed E-state index contributed by atoms with van der Waals surface area (Å²) in [6.07, 6.45) is 9.08. The Morgan fingerprint density at radius 1 is 1.15 bits per heavy atom. The van der Waals surface area contributed by atoms with Crippen LogP contribution in [0.4, 0.5) is 5.82 Å². The van der Waals surface area contributed by atoms with Crippen molar-refractivity contribution < 1.29 is 4.79 Å². The molecule has 2 N–H and O–H groups in total. The van der Waals surface area contributed by atoms with Gasteiger partial charge in [0, 0.05) is 19.3 Å². The molecule has 1 aromatic heterocycles. The zero-order chi connectivity index (χ0) is 14.6. The molecule has 0 aliphatic heterocycles. The minimum absolute atomic E-state index is 0.0393. The summed E-state index contributed by atoms with van der Waals surface area (Å²) in [6, 6.07) is 3.60. The number of nitrogens with one attached hydrogen (secondary N) is 2. The monoisotopic (exact) mass is 277 g/mol. The molecule has 1 aromatic rings. The quantitative estimate of drug-likeness (QED) is 0.642. The smallest absolute Gasteiger partial charge is 0.255 e. The van der Waals surface area contributed by atoms with Crippen LogP contribution in [0, 0.1) is 0 Å². The van der Waals surface area contributed by atoms with Gasteiger partial charge in [-0.1, -0.05) is 39.0 Å². The van der Waals surface area contributed by atoms with E-state index < -0.39 is 0 Å². The lowest BCUT2D eigenvalue weighted by molar-refractivity contribution is 0.0953. The summed E-state index contributed by atoms with van der Waals surface area (Å²) in [5.74, 6) is 0.623. The van der Waals surface area contributed by atoms with Gasteiger partial charge in [-0.25, -0.2) is 4.98 Å². The van der Waals surface area contributed by atoms with E-state index in [4.69, 9.17) is 0 Å². The molecule has 0 aliphatic rings. The Labute approximate surface area is 122 Å². The van der Waals surface area contributed by atoms with Crippen LogP contribution < -0.4 is 10.6 Å². The number of rotatable bonds is 10. The van der Waals surface area contributed by atoms with Crippen LogP contribution >= 0.6 is 0 Å². The minimum Gasteiger partial charge on any atom is -0.370 e. The lowest BCUT2D eigenvalue weighted by Crippen LogP contribution is -2.25. The van der Waals surface area contributed by atoms with Crippen LogP contribution in [-0.4, -0.2) is 24.0 Å². The molecule has 0 spiro atoms. The van der Waals surface area contributed by atoms with Crippen LogP contribution in [0.1, 0.15) is 62.7 Å². The first-order chi connectivity index (χ1) is 9.79. The molecule has 4 nitrogen and oxygen atoms in total. The number of hydrogen-bond donors (Lipinski definition) is 2. The summed E-state index contributed by atoms with van der Waals surface area (Å²) in [4.78, 5) is 16.3. The molecule has 0 saturated heterocycles. The van der Waals surface area contributed by atoms with E-state index in [1.807, 2.05) is 13.0 Å². The maximum atomic E-state index is 12.1. The molecule has 0 aliphatic carbocycles. The molecule has 20 heavy (non-hydrogen) atoms. The van der Waals surface area contributed by atoms with E-state index in [-0.39, 0.29) is 5.91 Å². The lowest BCUT2D eigenvalue weighted by Gasteiger charge is -2.09. The predicted molar refractivity (Wildman–Crippen MR) is 84.1 cm³/mol. The highest BCUT2D eigenvalue weighted by Gasteiger charge is 2.10. The Kier molecular flexibility index (Phi) is 8.43. The molecule has 112 valence electrons. The van der Waals surface area contributed by atoms with Crippen LogP contribution in [0.3, 0.4) is 0 Å². The Bertz CT molecular complexity index is 393. The van der Waals surface area contributed by atoms with E-state index in [2.05, 4.69) is 22.5 Å². The second-order valence-electron chi connectivity index (χ2n) is 4.95. The van der Waals surface area contributed by atoms with Gasteiger partial charge in [0.1, 0.15) is 5.82 Å². The third-order valence-corrected chi connectivity index (χ3v) is 3.21. The Morgan fingerprint density at radius 3 is 2.65 bits per heavy atom. The van der Waals surface area contributed by atoms with Crippen molar-refractivity contribution in [1.82, 2.24) is 10.3 Å². The number of amides is 1. The number of hydrogen-bond acceptors (Lipinski definition) is 3. The van der Waals surface area contributed by atoms with Crippen LogP contribution in [-0.2, 0) is 0 Å². The van der Waals surface area contributed by atoms with Gasteiger partial charge in [-0.3, -0.25) is 4.79 Å². The van der Waals surface area contributed by atoms with Crippen LogP contribution in [0.2, 0.25) is 0 Å². The molecule has 0 atom stereocenters. The van der Waals surface area contributed by atoms with Crippen molar-refractivity contribution in [3.8, 4) is 0 Å². The molecular weight excluding hydrogens is 250 g/mol. The van der Waals surface area contributed by atoms with Gasteiger partial charge in [-0.15, -0.1) is 0 Å². The largest absolute Gasteiger partial charge is 0.370 e. The fourth-order valence-electron chi connectivity index (χ4n) is 2.10. The Morgan fingerprint density at radius 2 is 1.90 bits per heavy atom. The fourth-order valence-corrected chi connectivity index (χ4v) is 2.10. The topological polar surface area (TPSA) is 54.0 Å². The van der Waals surface area contributed by atoms with Crippen molar-refractivity contribution in [3.63, 3.8) is 0 Å². The van der Waals surface area contributed by atoms with Gasteiger partial charge in [-0.2, -0.15) is 0 Å². The van der Waals surface area contributed by atoms with E-state index in [0.717, 1.165) is 19.5 Å². The van der Waals surface area contributed by atoms with Crippen LogP contribution in [0.5, 0.6) is 0 Å². The van der Waals surface area contributed by atoms with Crippen molar-refractivity contribution in [2.45, 2.75) is 52.4 Å². The number of unbranched alkanes of at least 4 members (excludes halogenated alkanes) is 5. The van der Waals surface area contributed by atoms with Crippen LogP contribution in [0.25, 0.3) is 0 Å². The van der Waals surface area contributed by atoms with Crippen molar-refractivity contribution in [2.24, 2.45) is 0 Å². The second-order valence-corrected chi connectivity index (χ2v) is 4.95. The molecule has 1 rings (SSSR count). The zero-order valence-electron chi connectivity index (χ0n) is 12.7. The highest BCUT2D eigenvalue weighted by molar-refractivity contribution is 5.98. The lowest BCUT2D eigenvalue weighted by atomic mass is 10.1. The summed E-state index contributed by atoms with van der Waals surface area (Å²) in [5.41, 5.74) is 0.625. The van der Waals surface area contributed by atoms with Crippen molar-refractivity contribution in [2.75, 3.05) is 18.4 Å². The average molecular weight is 277 g/mol. The van der Waals surface area contributed by atoms with Gasteiger partial charge in [0.25, 0.3) is 5.91 Å². The molecular formula is C16H27N3O. The Balaban J connectivity index is 2.29.